The lowest BCUT2D eigenvalue weighted by molar-refractivity contribution is 0.0926. The lowest BCUT2D eigenvalue weighted by Crippen LogP contribution is -2.30. The third-order valence-corrected chi connectivity index (χ3v) is 3.86. The van der Waals surface area contributed by atoms with Gasteiger partial charge in [0.25, 0.3) is 11.8 Å². The Morgan fingerprint density at radius 2 is 1.53 bits per heavy atom. The van der Waals surface area contributed by atoms with Gasteiger partial charge in [-0.3, -0.25) is 9.59 Å². The molecule has 4 heteroatoms. The first-order chi connectivity index (χ1) is 9.09. The number of amides is 2. The topological polar surface area (TPSA) is 37.4 Å². The number of benzene rings is 2. The van der Waals surface area contributed by atoms with Crippen LogP contribution >= 0.6 is 22.6 Å². The van der Waals surface area contributed by atoms with E-state index in [-0.39, 0.29) is 11.8 Å². The highest BCUT2D eigenvalue weighted by Gasteiger charge is 2.36. The van der Waals surface area contributed by atoms with Crippen LogP contribution in [-0.4, -0.2) is 11.8 Å². The molecule has 3 rings (SSSR count). The van der Waals surface area contributed by atoms with Crippen molar-refractivity contribution >= 4 is 40.1 Å². The number of carbonyl (C=O) groups is 2. The molecule has 0 spiro atoms. The molecule has 0 atom stereocenters. The maximum Gasteiger partial charge on any atom is 0.266 e. The number of nitrogens with zero attached hydrogens (tertiary/aromatic N) is 1. The van der Waals surface area contributed by atoms with Crippen LogP contribution in [-0.2, 0) is 0 Å². The number of aryl methyl sites for hydroxylation is 1. The minimum Gasteiger partial charge on any atom is -0.268 e. The zero-order valence-electron chi connectivity index (χ0n) is 10.2. The first kappa shape index (κ1) is 12.3. The molecule has 0 N–H and O–H groups in total. The molecular weight excluding hydrogens is 353 g/mol. The van der Waals surface area contributed by atoms with Gasteiger partial charge in [0.2, 0.25) is 0 Å². The summed E-state index contributed by atoms with van der Waals surface area (Å²) in [6, 6.07) is 12.6. The molecule has 0 radical (unpaired) electrons. The summed E-state index contributed by atoms with van der Waals surface area (Å²) in [4.78, 5) is 26.0. The van der Waals surface area contributed by atoms with Crippen molar-refractivity contribution < 1.29 is 9.59 Å². The first-order valence-electron chi connectivity index (χ1n) is 5.83. The zero-order valence-corrected chi connectivity index (χ0v) is 12.3. The van der Waals surface area contributed by atoms with E-state index in [1.54, 1.807) is 24.3 Å². The highest BCUT2D eigenvalue weighted by Crippen LogP contribution is 2.30. The van der Waals surface area contributed by atoms with Gasteiger partial charge in [0.15, 0.2) is 0 Å². The summed E-state index contributed by atoms with van der Waals surface area (Å²) in [5.41, 5.74) is 2.53. The Morgan fingerprint density at radius 3 is 2.05 bits per heavy atom. The van der Waals surface area contributed by atoms with Crippen LogP contribution in [0.25, 0.3) is 0 Å². The number of halogens is 1. The Labute approximate surface area is 124 Å². The van der Waals surface area contributed by atoms with Crippen molar-refractivity contribution in [2.75, 3.05) is 4.90 Å². The second-order valence-corrected chi connectivity index (χ2v) is 5.67. The first-order valence-corrected chi connectivity index (χ1v) is 6.91. The Kier molecular flexibility index (Phi) is 2.89. The van der Waals surface area contributed by atoms with Crippen LogP contribution in [0.5, 0.6) is 0 Å². The van der Waals surface area contributed by atoms with Crippen molar-refractivity contribution in [2.24, 2.45) is 0 Å². The third-order valence-electron chi connectivity index (χ3n) is 3.19. The molecule has 1 aliphatic rings. The summed E-state index contributed by atoms with van der Waals surface area (Å²) in [5, 5.41) is 0. The minimum absolute atomic E-state index is 0.245. The van der Waals surface area contributed by atoms with Crippen molar-refractivity contribution in [3.8, 4) is 0 Å². The Bertz CT molecular complexity index is 674. The van der Waals surface area contributed by atoms with Gasteiger partial charge in [-0.05, 0) is 65.4 Å². The lowest BCUT2D eigenvalue weighted by Gasteiger charge is -2.16. The van der Waals surface area contributed by atoms with Gasteiger partial charge in [-0.1, -0.05) is 12.1 Å². The second-order valence-electron chi connectivity index (χ2n) is 4.42. The number of imide groups is 1. The van der Waals surface area contributed by atoms with Crippen LogP contribution in [0.15, 0.2) is 42.5 Å². The average Bonchev–Trinajstić information content (AvgIpc) is 2.64. The van der Waals surface area contributed by atoms with Gasteiger partial charge in [0.05, 0.1) is 16.8 Å². The second kappa shape index (κ2) is 4.45. The average molecular weight is 363 g/mol. The Hall–Kier alpha value is -1.69. The van der Waals surface area contributed by atoms with Gasteiger partial charge in [0, 0.05) is 3.57 Å². The van der Waals surface area contributed by atoms with Crippen molar-refractivity contribution in [3.63, 3.8) is 0 Å². The summed E-state index contributed by atoms with van der Waals surface area (Å²) in [5.74, 6) is -0.491. The molecule has 0 fully saturated rings. The van der Waals surface area contributed by atoms with E-state index in [2.05, 4.69) is 22.6 Å². The molecule has 3 nitrogen and oxygen atoms in total. The normalized spacial score (nSPS) is 13.9. The monoisotopic (exact) mass is 363 g/mol. The summed E-state index contributed by atoms with van der Waals surface area (Å²) < 4.78 is 1.08. The van der Waals surface area contributed by atoms with E-state index < -0.39 is 0 Å². The molecule has 0 aliphatic carbocycles. The smallest absolute Gasteiger partial charge is 0.266 e. The van der Waals surface area contributed by atoms with Crippen molar-refractivity contribution in [2.45, 2.75) is 6.92 Å². The Morgan fingerprint density at radius 1 is 0.947 bits per heavy atom. The van der Waals surface area contributed by atoms with E-state index in [9.17, 15) is 9.59 Å². The van der Waals surface area contributed by atoms with Crippen molar-refractivity contribution in [3.05, 3.63) is 62.7 Å². The molecule has 1 heterocycles. The maximum absolute atomic E-state index is 12.3. The summed E-state index contributed by atoms with van der Waals surface area (Å²) in [6.45, 7) is 1.90. The summed E-state index contributed by atoms with van der Waals surface area (Å²) in [7, 11) is 0. The molecule has 2 aromatic carbocycles. The molecule has 0 unspecified atom stereocenters. The molecule has 0 bridgehead atoms. The van der Waals surface area contributed by atoms with Gasteiger partial charge in [-0.2, -0.15) is 0 Å². The largest absolute Gasteiger partial charge is 0.268 e. The lowest BCUT2D eigenvalue weighted by atomic mass is 10.1. The third kappa shape index (κ3) is 1.87. The van der Waals surface area contributed by atoms with Crippen LogP contribution in [0.3, 0.4) is 0 Å². The van der Waals surface area contributed by atoms with Crippen LogP contribution in [0.4, 0.5) is 5.69 Å². The molecule has 2 amide bonds. The molecule has 94 valence electrons. The molecule has 0 saturated heterocycles. The summed E-state index contributed by atoms with van der Waals surface area (Å²) >= 11 is 2.21. The highest BCUT2D eigenvalue weighted by molar-refractivity contribution is 14.1. The standard InChI is InChI=1S/C15H10INO2/c1-9-8-10(16)6-7-13(9)17-14(18)11-4-2-3-5-12(11)15(17)19/h2-8H,1H3. The Balaban J connectivity index is 2.14. The minimum atomic E-state index is -0.245. The fraction of sp³-hybridized carbons (Fsp3) is 0.0667. The quantitative estimate of drug-likeness (QED) is 0.575. The SMILES string of the molecule is Cc1cc(I)ccc1N1C(=O)c2ccccc2C1=O. The van der Waals surface area contributed by atoms with Crippen molar-refractivity contribution in [1.29, 1.82) is 0 Å². The fourth-order valence-corrected chi connectivity index (χ4v) is 2.92. The van der Waals surface area contributed by atoms with Gasteiger partial charge in [-0.15, -0.1) is 0 Å². The molecule has 0 saturated carbocycles. The van der Waals surface area contributed by atoms with Crippen LogP contribution < -0.4 is 4.90 Å². The zero-order chi connectivity index (χ0) is 13.6. The van der Waals surface area contributed by atoms with Gasteiger partial charge >= 0.3 is 0 Å². The van der Waals surface area contributed by atoms with Gasteiger partial charge in [0.1, 0.15) is 0 Å². The molecule has 1 aliphatic heterocycles. The number of fused-ring (bicyclic) bond motifs is 1. The number of hydrogen-bond acceptors (Lipinski definition) is 2. The van der Waals surface area contributed by atoms with Crippen molar-refractivity contribution in [1.82, 2.24) is 0 Å². The molecule has 0 aromatic heterocycles. The van der Waals surface area contributed by atoms with Crippen LogP contribution in [0.2, 0.25) is 0 Å². The van der Waals surface area contributed by atoms with Gasteiger partial charge < -0.3 is 0 Å². The number of carbonyl (C=O) groups excluding carboxylic acids is 2. The number of anilines is 1. The highest BCUT2D eigenvalue weighted by atomic mass is 127. The number of hydrogen-bond donors (Lipinski definition) is 0. The van der Waals surface area contributed by atoms with E-state index >= 15 is 0 Å². The van der Waals surface area contributed by atoms with E-state index in [0.29, 0.717) is 16.8 Å². The predicted molar refractivity (Wildman–Crippen MR) is 81.5 cm³/mol. The maximum atomic E-state index is 12.3. The van der Waals surface area contributed by atoms with E-state index in [1.807, 2.05) is 25.1 Å². The molecule has 19 heavy (non-hydrogen) atoms. The van der Waals surface area contributed by atoms with Gasteiger partial charge in [-0.25, -0.2) is 4.90 Å². The number of rotatable bonds is 1. The summed E-state index contributed by atoms with van der Waals surface area (Å²) in [6.07, 6.45) is 0. The predicted octanol–water partition coefficient (Wildman–Crippen LogP) is 3.40. The van der Waals surface area contributed by atoms with E-state index in [4.69, 9.17) is 0 Å². The van der Waals surface area contributed by atoms with E-state index in [1.165, 1.54) is 4.90 Å². The fourth-order valence-electron chi connectivity index (χ4n) is 2.28. The van der Waals surface area contributed by atoms with Crippen LogP contribution in [0, 0.1) is 10.5 Å². The van der Waals surface area contributed by atoms with Crippen LogP contribution in [0.1, 0.15) is 26.3 Å². The molecular formula is C15H10INO2. The van der Waals surface area contributed by atoms with E-state index in [0.717, 1.165) is 9.13 Å². The molecule has 2 aromatic rings.